The maximum Gasteiger partial charge on any atom is 0.158 e. The first-order valence-electron chi connectivity index (χ1n) is 7.26. The molecule has 0 bridgehead atoms. The summed E-state index contributed by atoms with van der Waals surface area (Å²) in [6.45, 7) is 3.76. The SMILES string of the molecule is C=CCSC1=NC(c2ccc(Cl)cc2)C(c2ccc(Cl)cc2)N1.Cl. The molecule has 0 spiro atoms. The van der Waals surface area contributed by atoms with E-state index < -0.39 is 0 Å². The predicted molar refractivity (Wildman–Crippen MR) is 109 cm³/mol. The van der Waals surface area contributed by atoms with Gasteiger partial charge < -0.3 is 5.32 Å². The molecule has 0 amide bonds. The van der Waals surface area contributed by atoms with Crippen molar-refractivity contribution in [3.8, 4) is 0 Å². The Hall–Kier alpha value is -1.13. The minimum atomic E-state index is 0. The molecule has 2 unspecified atom stereocenters. The quantitative estimate of drug-likeness (QED) is 0.630. The van der Waals surface area contributed by atoms with Crippen molar-refractivity contribution in [3.63, 3.8) is 0 Å². The molecule has 1 aliphatic heterocycles. The zero-order chi connectivity index (χ0) is 16.2. The van der Waals surface area contributed by atoms with E-state index in [1.165, 1.54) is 0 Å². The Kier molecular flexibility index (Phi) is 7.05. The monoisotopic (exact) mass is 398 g/mol. The Balaban J connectivity index is 0.00000208. The number of aliphatic imine (C=N–C) groups is 1. The molecule has 0 fully saturated rings. The zero-order valence-corrected chi connectivity index (χ0v) is 15.9. The molecule has 2 nitrogen and oxygen atoms in total. The van der Waals surface area contributed by atoms with Gasteiger partial charge in [0.15, 0.2) is 5.17 Å². The van der Waals surface area contributed by atoms with Gasteiger partial charge in [0.2, 0.25) is 0 Å². The van der Waals surface area contributed by atoms with Gasteiger partial charge in [-0.15, -0.1) is 19.0 Å². The third kappa shape index (κ3) is 4.48. The van der Waals surface area contributed by atoms with Gasteiger partial charge in [-0.05, 0) is 35.4 Å². The fourth-order valence-electron chi connectivity index (χ4n) is 2.53. The van der Waals surface area contributed by atoms with Gasteiger partial charge in [-0.1, -0.05) is 65.3 Å². The van der Waals surface area contributed by atoms with E-state index in [2.05, 4.69) is 11.9 Å². The molecule has 0 radical (unpaired) electrons. The van der Waals surface area contributed by atoms with Crippen LogP contribution in [0.3, 0.4) is 0 Å². The summed E-state index contributed by atoms with van der Waals surface area (Å²) < 4.78 is 0. The van der Waals surface area contributed by atoms with E-state index in [-0.39, 0.29) is 24.5 Å². The van der Waals surface area contributed by atoms with Crippen LogP contribution in [0.1, 0.15) is 23.2 Å². The number of thioether (sulfide) groups is 1. The van der Waals surface area contributed by atoms with Crippen LogP contribution in [0, 0.1) is 0 Å². The van der Waals surface area contributed by atoms with Crippen LogP contribution >= 0.6 is 47.4 Å². The summed E-state index contributed by atoms with van der Waals surface area (Å²) in [4.78, 5) is 4.85. The molecule has 1 heterocycles. The molecule has 2 aromatic rings. The van der Waals surface area contributed by atoms with E-state index in [4.69, 9.17) is 28.2 Å². The molecule has 0 aliphatic carbocycles. The lowest BCUT2D eigenvalue weighted by Crippen LogP contribution is -2.22. The predicted octanol–water partition coefficient (Wildman–Crippen LogP) is 6.08. The van der Waals surface area contributed by atoms with Crippen LogP contribution < -0.4 is 5.32 Å². The van der Waals surface area contributed by atoms with Gasteiger partial charge >= 0.3 is 0 Å². The molecule has 0 saturated carbocycles. The van der Waals surface area contributed by atoms with Crippen LogP contribution in [-0.2, 0) is 0 Å². The van der Waals surface area contributed by atoms with Crippen molar-refractivity contribution in [2.45, 2.75) is 12.1 Å². The summed E-state index contributed by atoms with van der Waals surface area (Å²) in [5.74, 6) is 0.826. The number of nitrogens with one attached hydrogen (secondary N) is 1. The lowest BCUT2D eigenvalue weighted by molar-refractivity contribution is 0.573. The number of hydrogen-bond donors (Lipinski definition) is 1. The van der Waals surface area contributed by atoms with E-state index in [1.807, 2.05) is 54.6 Å². The topological polar surface area (TPSA) is 24.4 Å². The maximum atomic E-state index is 6.01. The van der Waals surface area contributed by atoms with Crippen molar-refractivity contribution in [2.75, 3.05) is 5.75 Å². The molecule has 126 valence electrons. The Morgan fingerprint density at radius 1 is 1.00 bits per heavy atom. The van der Waals surface area contributed by atoms with Gasteiger partial charge in [-0.3, -0.25) is 4.99 Å². The van der Waals surface area contributed by atoms with E-state index in [0.29, 0.717) is 0 Å². The Morgan fingerprint density at radius 2 is 1.54 bits per heavy atom. The number of amidine groups is 1. The Morgan fingerprint density at radius 3 is 2.08 bits per heavy atom. The van der Waals surface area contributed by atoms with E-state index in [0.717, 1.165) is 32.1 Å². The van der Waals surface area contributed by atoms with E-state index >= 15 is 0 Å². The van der Waals surface area contributed by atoms with Crippen LogP contribution in [0.25, 0.3) is 0 Å². The normalized spacial score (nSPS) is 19.2. The number of halogens is 3. The van der Waals surface area contributed by atoms with Gasteiger partial charge in [0.1, 0.15) is 6.04 Å². The van der Waals surface area contributed by atoms with Crippen molar-refractivity contribution < 1.29 is 0 Å². The highest BCUT2D eigenvalue weighted by Gasteiger charge is 2.31. The number of nitrogens with zero attached hydrogens (tertiary/aromatic N) is 1. The minimum Gasteiger partial charge on any atom is -0.356 e. The van der Waals surface area contributed by atoms with Crippen molar-refractivity contribution in [1.29, 1.82) is 0 Å². The first-order chi connectivity index (χ1) is 11.2. The van der Waals surface area contributed by atoms with Gasteiger partial charge in [-0.25, -0.2) is 0 Å². The highest BCUT2D eigenvalue weighted by molar-refractivity contribution is 8.13. The van der Waals surface area contributed by atoms with Crippen molar-refractivity contribution in [1.82, 2.24) is 5.32 Å². The van der Waals surface area contributed by atoms with Gasteiger partial charge in [0.25, 0.3) is 0 Å². The van der Waals surface area contributed by atoms with Crippen molar-refractivity contribution in [3.05, 3.63) is 82.4 Å². The van der Waals surface area contributed by atoms with Crippen LogP contribution in [0.15, 0.2) is 66.2 Å². The Bertz CT molecular complexity index is 714. The lowest BCUT2D eigenvalue weighted by Gasteiger charge is -2.19. The summed E-state index contributed by atoms with van der Waals surface area (Å²) in [6, 6.07) is 15.9. The van der Waals surface area contributed by atoms with Gasteiger partial charge in [0.05, 0.1) is 6.04 Å². The summed E-state index contributed by atoms with van der Waals surface area (Å²) in [6.07, 6.45) is 1.88. The summed E-state index contributed by atoms with van der Waals surface area (Å²) in [7, 11) is 0. The summed E-state index contributed by atoms with van der Waals surface area (Å²) in [5.41, 5.74) is 2.29. The van der Waals surface area contributed by atoms with Crippen LogP contribution in [0.2, 0.25) is 10.0 Å². The third-order valence-electron chi connectivity index (χ3n) is 3.63. The molecule has 3 rings (SSSR count). The van der Waals surface area contributed by atoms with Crippen molar-refractivity contribution >= 4 is 52.5 Å². The highest BCUT2D eigenvalue weighted by Crippen LogP contribution is 2.38. The largest absolute Gasteiger partial charge is 0.356 e. The molecule has 2 atom stereocenters. The van der Waals surface area contributed by atoms with Crippen LogP contribution in [0.4, 0.5) is 0 Å². The van der Waals surface area contributed by atoms with Crippen LogP contribution in [0.5, 0.6) is 0 Å². The average molecular weight is 400 g/mol. The Labute approximate surface area is 162 Å². The molecule has 24 heavy (non-hydrogen) atoms. The molecular formula is C18H17Cl3N2S. The van der Waals surface area contributed by atoms with Crippen LogP contribution in [-0.4, -0.2) is 10.9 Å². The number of rotatable bonds is 4. The summed E-state index contributed by atoms with van der Waals surface area (Å²) >= 11 is 13.7. The van der Waals surface area contributed by atoms with Crippen molar-refractivity contribution in [2.24, 2.45) is 4.99 Å². The van der Waals surface area contributed by atoms with E-state index in [9.17, 15) is 0 Å². The molecular weight excluding hydrogens is 383 g/mol. The fraction of sp³-hybridized carbons (Fsp3) is 0.167. The molecule has 1 aliphatic rings. The number of hydrogen-bond acceptors (Lipinski definition) is 3. The standard InChI is InChI=1S/C18H16Cl2N2S.ClH/c1-2-11-23-18-21-16(12-3-7-14(19)8-4-12)17(22-18)13-5-9-15(20)10-6-13;/h2-10,16-17H,1,11H2,(H,21,22);1H. The molecule has 2 aromatic carbocycles. The lowest BCUT2D eigenvalue weighted by atomic mass is 9.95. The smallest absolute Gasteiger partial charge is 0.158 e. The summed E-state index contributed by atoms with van der Waals surface area (Å²) in [5, 5.41) is 5.91. The molecule has 0 saturated heterocycles. The number of benzene rings is 2. The molecule has 1 N–H and O–H groups in total. The average Bonchev–Trinajstić information content (AvgIpc) is 2.98. The second-order valence-corrected chi connectivity index (χ2v) is 7.09. The first kappa shape index (κ1) is 19.2. The fourth-order valence-corrected chi connectivity index (χ4v) is 3.46. The molecule has 6 heteroatoms. The highest BCUT2D eigenvalue weighted by atomic mass is 35.5. The minimum absolute atomic E-state index is 0. The maximum absolute atomic E-state index is 6.01. The van der Waals surface area contributed by atoms with Gasteiger partial charge in [0, 0.05) is 15.8 Å². The third-order valence-corrected chi connectivity index (χ3v) is 5.03. The zero-order valence-electron chi connectivity index (χ0n) is 12.8. The second-order valence-electron chi connectivity index (χ2n) is 5.20. The van der Waals surface area contributed by atoms with Gasteiger partial charge in [-0.2, -0.15) is 0 Å². The second kappa shape index (κ2) is 8.82. The van der Waals surface area contributed by atoms with E-state index in [1.54, 1.807) is 11.8 Å². The first-order valence-corrected chi connectivity index (χ1v) is 9.00. The molecule has 0 aromatic heterocycles.